The van der Waals surface area contributed by atoms with Crippen LogP contribution in [0.25, 0.3) is 0 Å². The van der Waals surface area contributed by atoms with Gasteiger partial charge < -0.3 is 19.5 Å². The van der Waals surface area contributed by atoms with Crippen molar-refractivity contribution in [1.29, 1.82) is 0 Å². The molecule has 0 aromatic heterocycles. The number of carbonyl (C=O) groups excluding carboxylic acids is 2. The Labute approximate surface area is 124 Å². The Morgan fingerprint density at radius 3 is 2.76 bits per heavy atom. The molecule has 0 aliphatic rings. The second-order valence-electron chi connectivity index (χ2n) is 4.42. The minimum Gasteiger partial charge on any atom is -0.497 e. The van der Waals surface area contributed by atoms with Crippen molar-refractivity contribution in [2.24, 2.45) is 0 Å². The zero-order valence-corrected chi connectivity index (χ0v) is 12.5. The molecule has 0 radical (unpaired) electrons. The summed E-state index contributed by atoms with van der Waals surface area (Å²) in [5.41, 5.74) is 0.341. The van der Waals surface area contributed by atoms with Gasteiger partial charge in [0.1, 0.15) is 11.5 Å². The molecule has 1 aromatic rings. The topological polar surface area (TPSA) is 73.9 Å². The standard InChI is InChI=1S/C15H21NO5/c1-11(15(18)16-7-4-8-19-2)21-14-6-5-13(20-3)9-12(14)10-17/h5-6,9-11H,4,7-8H2,1-3H3,(H,16,18). The van der Waals surface area contributed by atoms with Crippen molar-refractivity contribution in [1.82, 2.24) is 5.32 Å². The maximum Gasteiger partial charge on any atom is 0.260 e. The van der Waals surface area contributed by atoms with Crippen LogP contribution in [0, 0.1) is 0 Å². The third-order valence-electron chi connectivity index (χ3n) is 2.84. The van der Waals surface area contributed by atoms with Crippen molar-refractivity contribution >= 4 is 12.2 Å². The SMILES string of the molecule is COCCCNC(=O)C(C)Oc1ccc(OC)cc1C=O. The highest BCUT2D eigenvalue weighted by atomic mass is 16.5. The highest BCUT2D eigenvalue weighted by molar-refractivity contribution is 5.82. The summed E-state index contributed by atoms with van der Waals surface area (Å²) in [5.74, 6) is 0.672. The van der Waals surface area contributed by atoms with Crippen LogP contribution in [0.4, 0.5) is 0 Å². The first kappa shape index (κ1) is 17.0. The molecule has 0 fully saturated rings. The molecule has 1 rings (SSSR count). The molecule has 0 heterocycles. The zero-order chi connectivity index (χ0) is 15.7. The van der Waals surface area contributed by atoms with Gasteiger partial charge in [0.15, 0.2) is 12.4 Å². The molecule has 1 N–H and O–H groups in total. The monoisotopic (exact) mass is 295 g/mol. The van der Waals surface area contributed by atoms with Gasteiger partial charge in [0.05, 0.1) is 12.7 Å². The molecule has 1 amide bonds. The van der Waals surface area contributed by atoms with Crippen LogP contribution in [0.2, 0.25) is 0 Å². The van der Waals surface area contributed by atoms with Crippen LogP contribution in [-0.4, -0.2) is 45.7 Å². The molecule has 0 spiro atoms. The predicted octanol–water partition coefficient (Wildman–Crippen LogP) is 1.43. The normalized spacial score (nSPS) is 11.6. The van der Waals surface area contributed by atoms with E-state index in [4.69, 9.17) is 14.2 Å². The van der Waals surface area contributed by atoms with Crippen LogP contribution in [0.3, 0.4) is 0 Å². The second-order valence-corrected chi connectivity index (χ2v) is 4.42. The Kier molecular flexibility index (Phi) is 7.25. The molecule has 1 atom stereocenters. The lowest BCUT2D eigenvalue weighted by Crippen LogP contribution is -2.37. The van der Waals surface area contributed by atoms with Gasteiger partial charge in [0, 0.05) is 20.3 Å². The van der Waals surface area contributed by atoms with Gasteiger partial charge in [-0.25, -0.2) is 0 Å². The summed E-state index contributed by atoms with van der Waals surface area (Å²) < 4.78 is 15.5. The molecule has 0 bridgehead atoms. The van der Waals surface area contributed by atoms with E-state index in [9.17, 15) is 9.59 Å². The van der Waals surface area contributed by atoms with Crippen molar-refractivity contribution in [2.45, 2.75) is 19.4 Å². The Morgan fingerprint density at radius 2 is 2.14 bits per heavy atom. The molecule has 0 saturated carbocycles. The van der Waals surface area contributed by atoms with Crippen LogP contribution >= 0.6 is 0 Å². The fourth-order valence-corrected chi connectivity index (χ4v) is 1.67. The van der Waals surface area contributed by atoms with Crippen molar-refractivity contribution in [2.75, 3.05) is 27.4 Å². The Bertz CT molecular complexity index is 475. The highest BCUT2D eigenvalue weighted by Crippen LogP contribution is 2.23. The molecule has 21 heavy (non-hydrogen) atoms. The summed E-state index contributed by atoms with van der Waals surface area (Å²) in [7, 11) is 3.12. The number of hydrogen-bond donors (Lipinski definition) is 1. The average Bonchev–Trinajstić information content (AvgIpc) is 2.51. The van der Waals surface area contributed by atoms with E-state index in [-0.39, 0.29) is 5.91 Å². The van der Waals surface area contributed by atoms with Gasteiger partial charge in [0.25, 0.3) is 5.91 Å². The minimum atomic E-state index is -0.695. The van der Waals surface area contributed by atoms with E-state index in [1.165, 1.54) is 7.11 Å². The molecule has 0 saturated heterocycles. The molecular weight excluding hydrogens is 274 g/mol. The van der Waals surface area contributed by atoms with Crippen LogP contribution in [0.1, 0.15) is 23.7 Å². The summed E-state index contributed by atoms with van der Waals surface area (Å²) in [6.45, 7) is 2.73. The number of methoxy groups -OCH3 is 2. The predicted molar refractivity (Wildman–Crippen MR) is 78.0 cm³/mol. The fourth-order valence-electron chi connectivity index (χ4n) is 1.67. The van der Waals surface area contributed by atoms with E-state index in [0.29, 0.717) is 36.5 Å². The average molecular weight is 295 g/mol. The summed E-state index contributed by atoms with van der Waals surface area (Å²) >= 11 is 0. The van der Waals surface area contributed by atoms with Crippen molar-refractivity contribution < 1.29 is 23.8 Å². The first-order chi connectivity index (χ1) is 10.1. The van der Waals surface area contributed by atoms with Crippen molar-refractivity contribution in [3.8, 4) is 11.5 Å². The highest BCUT2D eigenvalue weighted by Gasteiger charge is 2.16. The smallest absolute Gasteiger partial charge is 0.260 e. The minimum absolute atomic E-state index is 0.237. The summed E-state index contributed by atoms with van der Waals surface area (Å²) in [4.78, 5) is 22.9. The second kappa shape index (κ2) is 8.97. The van der Waals surface area contributed by atoms with Crippen molar-refractivity contribution in [3.05, 3.63) is 23.8 Å². The van der Waals surface area contributed by atoms with E-state index in [0.717, 1.165) is 6.42 Å². The molecule has 0 aliphatic carbocycles. The van der Waals surface area contributed by atoms with Gasteiger partial charge in [-0.1, -0.05) is 0 Å². The van der Waals surface area contributed by atoms with Gasteiger partial charge in [0.2, 0.25) is 0 Å². The first-order valence-corrected chi connectivity index (χ1v) is 6.69. The van der Waals surface area contributed by atoms with E-state index in [1.807, 2.05) is 0 Å². The maximum atomic E-state index is 11.8. The molecule has 1 aromatic carbocycles. The van der Waals surface area contributed by atoms with Gasteiger partial charge in [-0.05, 0) is 31.5 Å². The van der Waals surface area contributed by atoms with Gasteiger partial charge in [-0.15, -0.1) is 0 Å². The lowest BCUT2D eigenvalue weighted by molar-refractivity contribution is -0.127. The number of benzene rings is 1. The van der Waals surface area contributed by atoms with E-state index >= 15 is 0 Å². The molecule has 116 valence electrons. The van der Waals surface area contributed by atoms with E-state index < -0.39 is 6.10 Å². The summed E-state index contributed by atoms with van der Waals surface area (Å²) in [6, 6.07) is 4.84. The number of nitrogens with one attached hydrogen (secondary N) is 1. The zero-order valence-electron chi connectivity index (χ0n) is 12.5. The first-order valence-electron chi connectivity index (χ1n) is 6.69. The quantitative estimate of drug-likeness (QED) is 0.551. The van der Waals surface area contributed by atoms with Gasteiger partial charge in [-0.3, -0.25) is 9.59 Å². The number of carbonyl (C=O) groups is 2. The third kappa shape index (κ3) is 5.43. The Morgan fingerprint density at radius 1 is 1.38 bits per heavy atom. The fraction of sp³-hybridized carbons (Fsp3) is 0.467. The lowest BCUT2D eigenvalue weighted by atomic mass is 10.2. The van der Waals surface area contributed by atoms with E-state index in [2.05, 4.69) is 5.32 Å². The molecule has 6 nitrogen and oxygen atoms in total. The Balaban J connectivity index is 2.59. The van der Waals surface area contributed by atoms with Crippen LogP contribution < -0.4 is 14.8 Å². The molecular formula is C15H21NO5. The number of amides is 1. The van der Waals surface area contributed by atoms with Crippen molar-refractivity contribution in [3.63, 3.8) is 0 Å². The molecule has 0 aliphatic heterocycles. The number of ether oxygens (including phenoxy) is 3. The van der Waals surface area contributed by atoms with Gasteiger partial charge >= 0.3 is 0 Å². The maximum absolute atomic E-state index is 11.8. The molecule has 6 heteroatoms. The van der Waals surface area contributed by atoms with Gasteiger partial charge in [-0.2, -0.15) is 0 Å². The largest absolute Gasteiger partial charge is 0.497 e. The number of hydrogen-bond acceptors (Lipinski definition) is 5. The third-order valence-corrected chi connectivity index (χ3v) is 2.84. The molecule has 1 unspecified atom stereocenters. The number of aldehydes is 1. The summed E-state index contributed by atoms with van der Waals surface area (Å²) in [5, 5.41) is 2.74. The van der Waals surface area contributed by atoms with Crippen LogP contribution in [0.15, 0.2) is 18.2 Å². The number of rotatable bonds is 9. The van der Waals surface area contributed by atoms with E-state index in [1.54, 1.807) is 32.2 Å². The lowest BCUT2D eigenvalue weighted by Gasteiger charge is -2.16. The van der Waals surface area contributed by atoms with Crippen LogP contribution in [-0.2, 0) is 9.53 Å². The summed E-state index contributed by atoms with van der Waals surface area (Å²) in [6.07, 6.45) is 0.706. The Hall–Kier alpha value is -2.08. The van der Waals surface area contributed by atoms with Crippen LogP contribution in [0.5, 0.6) is 11.5 Å².